The quantitative estimate of drug-likeness (QED) is 0.689. The average Bonchev–Trinajstić information content (AvgIpc) is 2.45. The lowest BCUT2D eigenvalue weighted by Crippen LogP contribution is -2.27. The highest BCUT2D eigenvalue weighted by Crippen LogP contribution is 2.21. The van der Waals surface area contributed by atoms with Crippen LogP contribution in [0.25, 0.3) is 0 Å². The summed E-state index contributed by atoms with van der Waals surface area (Å²) in [6.45, 7) is 1.28. The molecule has 22 heavy (non-hydrogen) atoms. The summed E-state index contributed by atoms with van der Waals surface area (Å²) in [4.78, 5) is 33.6. The van der Waals surface area contributed by atoms with E-state index in [4.69, 9.17) is 0 Å². The lowest BCUT2D eigenvalue weighted by Gasteiger charge is -2.09. The number of amides is 1. The van der Waals surface area contributed by atoms with Crippen LogP contribution in [0.5, 0.6) is 0 Å². The van der Waals surface area contributed by atoms with Gasteiger partial charge in [0.05, 0.1) is 10.6 Å². The molecular weight excluding hydrogens is 293 g/mol. The average molecular weight is 305 g/mol. The topological polar surface area (TPSA) is 94.2 Å². The van der Waals surface area contributed by atoms with Gasteiger partial charge in [-0.05, 0) is 18.6 Å². The number of carbonyl (C=O) groups is 1. The van der Waals surface area contributed by atoms with Gasteiger partial charge in [0, 0.05) is 24.4 Å². The Morgan fingerprint density at radius 1 is 1.36 bits per heavy atom. The molecule has 1 N–H and O–H groups in total. The summed E-state index contributed by atoms with van der Waals surface area (Å²) in [7, 11) is 0. The molecule has 2 rings (SSSR count). The van der Waals surface area contributed by atoms with Gasteiger partial charge in [-0.15, -0.1) is 0 Å². The van der Waals surface area contributed by atoms with E-state index in [1.807, 2.05) is 0 Å². The number of non-ortho nitro benzene ring substituents is 1. The molecule has 1 amide bonds. The van der Waals surface area contributed by atoms with Crippen LogP contribution in [0, 0.1) is 22.9 Å². The lowest BCUT2D eigenvalue weighted by atomic mass is 10.2. The van der Waals surface area contributed by atoms with E-state index in [9.17, 15) is 24.1 Å². The summed E-state index contributed by atoms with van der Waals surface area (Å²) in [6, 6.07) is 6.06. The number of nitrogens with one attached hydrogen (secondary N) is 1. The molecule has 7 nitrogen and oxygen atoms in total. The fourth-order valence-electron chi connectivity index (χ4n) is 1.83. The number of hydrogen-bond acceptors (Lipinski definition) is 4. The Balaban J connectivity index is 2.19. The monoisotopic (exact) mass is 305 g/mol. The van der Waals surface area contributed by atoms with E-state index >= 15 is 0 Å². The Morgan fingerprint density at radius 2 is 2.09 bits per heavy atom. The van der Waals surface area contributed by atoms with Crippen molar-refractivity contribution in [3.05, 3.63) is 68.4 Å². The van der Waals surface area contributed by atoms with Crippen molar-refractivity contribution in [2.75, 3.05) is 5.32 Å². The SMILES string of the molecule is Cc1ccc([N+](=O)[O-])cc1NC(=O)Cn1cc(F)ccc1=O. The summed E-state index contributed by atoms with van der Waals surface area (Å²) < 4.78 is 14.0. The van der Waals surface area contributed by atoms with Gasteiger partial charge >= 0.3 is 0 Å². The van der Waals surface area contributed by atoms with Crippen LogP contribution in [0.4, 0.5) is 15.8 Å². The molecule has 8 heteroatoms. The molecule has 0 aliphatic heterocycles. The minimum Gasteiger partial charge on any atom is -0.324 e. The number of nitrogens with zero attached hydrogens (tertiary/aromatic N) is 2. The van der Waals surface area contributed by atoms with Crippen LogP contribution in [0.15, 0.2) is 41.3 Å². The molecular formula is C14H12FN3O4. The Hall–Kier alpha value is -3.03. The zero-order chi connectivity index (χ0) is 16.3. The van der Waals surface area contributed by atoms with Gasteiger partial charge in [0.1, 0.15) is 12.4 Å². The molecule has 0 aliphatic carbocycles. The normalized spacial score (nSPS) is 10.3. The van der Waals surface area contributed by atoms with Crippen LogP contribution >= 0.6 is 0 Å². The fourth-order valence-corrected chi connectivity index (χ4v) is 1.83. The van der Waals surface area contributed by atoms with Gasteiger partial charge in [-0.2, -0.15) is 0 Å². The van der Waals surface area contributed by atoms with Gasteiger partial charge in [-0.3, -0.25) is 19.7 Å². The fraction of sp³-hybridized carbons (Fsp3) is 0.143. The Bertz CT molecular complexity index is 801. The first kappa shape index (κ1) is 15.4. The van der Waals surface area contributed by atoms with Crippen molar-refractivity contribution in [3.63, 3.8) is 0 Å². The third kappa shape index (κ3) is 3.54. The number of rotatable bonds is 4. The number of halogens is 1. The summed E-state index contributed by atoms with van der Waals surface area (Å²) in [5.74, 6) is -1.23. The molecule has 1 aromatic carbocycles. The molecule has 114 valence electrons. The number of nitro groups is 1. The maximum absolute atomic E-state index is 13.1. The smallest absolute Gasteiger partial charge is 0.271 e. The van der Waals surface area contributed by atoms with Gasteiger partial charge in [0.2, 0.25) is 5.91 Å². The molecule has 0 bridgehead atoms. The second-order valence-electron chi connectivity index (χ2n) is 4.62. The molecule has 0 aliphatic rings. The lowest BCUT2D eigenvalue weighted by molar-refractivity contribution is -0.384. The van der Waals surface area contributed by atoms with Crippen LogP contribution < -0.4 is 10.9 Å². The number of carbonyl (C=O) groups excluding carboxylic acids is 1. The minimum atomic E-state index is -0.640. The van der Waals surface area contributed by atoms with Crippen molar-refractivity contribution in [2.24, 2.45) is 0 Å². The van der Waals surface area contributed by atoms with Gasteiger partial charge in [-0.1, -0.05) is 6.07 Å². The largest absolute Gasteiger partial charge is 0.324 e. The van der Waals surface area contributed by atoms with E-state index in [2.05, 4.69) is 5.32 Å². The predicted octanol–water partition coefficient (Wildman–Crippen LogP) is 1.84. The summed E-state index contributed by atoms with van der Waals surface area (Å²) in [5.41, 5.74) is 0.213. The first-order valence-electron chi connectivity index (χ1n) is 6.27. The number of aromatic nitrogens is 1. The van der Waals surface area contributed by atoms with E-state index in [0.29, 0.717) is 5.56 Å². The molecule has 0 unspecified atom stereocenters. The van der Waals surface area contributed by atoms with Crippen LogP contribution in [0.3, 0.4) is 0 Å². The molecule has 0 radical (unpaired) electrons. The van der Waals surface area contributed by atoms with Crippen LogP contribution in [0.1, 0.15) is 5.56 Å². The highest BCUT2D eigenvalue weighted by molar-refractivity contribution is 5.91. The molecule has 1 heterocycles. The predicted molar refractivity (Wildman–Crippen MR) is 77.1 cm³/mol. The van der Waals surface area contributed by atoms with Crippen molar-refractivity contribution in [1.29, 1.82) is 0 Å². The zero-order valence-electron chi connectivity index (χ0n) is 11.6. The molecule has 0 fully saturated rings. The number of aryl methyl sites for hydroxylation is 1. The Morgan fingerprint density at radius 3 is 2.77 bits per heavy atom. The first-order valence-corrected chi connectivity index (χ1v) is 6.27. The van der Waals surface area contributed by atoms with Gasteiger partial charge in [0.15, 0.2) is 0 Å². The molecule has 2 aromatic rings. The summed E-state index contributed by atoms with van der Waals surface area (Å²) in [6.07, 6.45) is 0.919. The maximum atomic E-state index is 13.1. The van der Waals surface area contributed by atoms with E-state index in [-0.39, 0.29) is 11.4 Å². The van der Waals surface area contributed by atoms with E-state index in [1.54, 1.807) is 6.92 Å². The van der Waals surface area contributed by atoms with Crippen molar-refractivity contribution in [3.8, 4) is 0 Å². The van der Waals surface area contributed by atoms with Crippen molar-refractivity contribution >= 4 is 17.3 Å². The standard InChI is InChI=1S/C14H12FN3O4/c1-9-2-4-11(18(21)22)6-12(9)16-13(19)8-17-7-10(15)3-5-14(17)20/h2-7H,8H2,1H3,(H,16,19). The molecule has 1 aromatic heterocycles. The number of benzene rings is 1. The highest BCUT2D eigenvalue weighted by atomic mass is 19.1. The summed E-state index contributed by atoms with van der Waals surface area (Å²) in [5, 5.41) is 13.2. The van der Waals surface area contributed by atoms with E-state index in [1.165, 1.54) is 18.2 Å². The van der Waals surface area contributed by atoms with Crippen LogP contribution in [-0.4, -0.2) is 15.4 Å². The Kier molecular flexibility index (Phi) is 4.31. The Labute approximate surface area is 124 Å². The summed E-state index contributed by atoms with van der Waals surface area (Å²) >= 11 is 0. The van der Waals surface area contributed by atoms with E-state index in [0.717, 1.165) is 22.9 Å². The maximum Gasteiger partial charge on any atom is 0.271 e. The molecule has 0 atom stereocenters. The van der Waals surface area contributed by atoms with Crippen LogP contribution in [-0.2, 0) is 11.3 Å². The van der Waals surface area contributed by atoms with Crippen molar-refractivity contribution in [2.45, 2.75) is 13.5 Å². The third-order valence-corrected chi connectivity index (χ3v) is 2.97. The van der Waals surface area contributed by atoms with Crippen molar-refractivity contribution < 1.29 is 14.1 Å². The number of hydrogen-bond donors (Lipinski definition) is 1. The first-order chi connectivity index (χ1) is 10.4. The highest BCUT2D eigenvalue weighted by Gasteiger charge is 2.12. The second-order valence-corrected chi connectivity index (χ2v) is 4.62. The van der Waals surface area contributed by atoms with Crippen LogP contribution in [0.2, 0.25) is 0 Å². The molecule has 0 spiro atoms. The third-order valence-electron chi connectivity index (χ3n) is 2.97. The van der Waals surface area contributed by atoms with Gasteiger partial charge in [-0.25, -0.2) is 4.39 Å². The number of nitro benzene ring substituents is 1. The number of pyridine rings is 1. The van der Waals surface area contributed by atoms with Gasteiger partial charge < -0.3 is 9.88 Å². The second kappa shape index (κ2) is 6.17. The molecule has 0 saturated carbocycles. The minimum absolute atomic E-state index is 0.163. The van der Waals surface area contributed by atoms with Crippen molar-refractivity contribution in [1.82, 2.24) is 4.57 Å². The molecule has 0 saturated heterocycles. The van der Waals surface area contributed by atoms with E-state index < -0.39 is 28.8 Å². The van der Waals surface area contributed by atoms with Gasteiger partial charge in [0.25, 0.3) is 11.2 Å². The zero-order valence-corrected chi connectivity index (χ0v) is 11.6. The number of anilines is 1.